The van der Waals surface area contributed by atoms with Crippen LogP contribution in [0.15, 0.2) is 24.8 Å². The van der Waals surface area contributed by atoms with Crippen LogP contribution in [0.4, 0.5) is 0 Å². The molecule has 0 aromatic carbocycles. The molecule has 0 saturated carbocycles. The highest BCUT2D eigenvalue weighted by Crippen LogP contribution is 2.08. The highest BCUT2D eigenvalue weighted by atomic mass is 16.3. The molecule has 0 fully saturated rings. The van der Waals surface area contributed by atoms with E-state index in [1.165, 1.54) is 0 Å². The van der Waals surface area contributed by atoms with Crippen molar-refractivity contribution in [1.29, 1.82) is 0 Å². The second-order valence-corrected chi connectivity index (χ2v) is 3.44. The lowest BCUT2D eigenvalue weighted by molar-refractivity contribution is 0.184. The lowest BCUT2D eigenvalue weighted by atomic mass is 10.2. The molecule has 74 valence electrons. The van der Waals surface area contributed by atoms with Gasteiger partial charge in [0.05, 0.1) is 12.3 Å². The van der Waals surface area contributed by atoms with Crippen LogP contribution < -0.4 is 0 Å². The topological polar surface area (TPSA) is 50.4 Å². The maximum Gasteiger partial charge on any atom is 0.155 e. The van der Waals surface area contributed by atoms with Crippen molar-refractivity contribution in [3.05, 3.63) is 30.5 Å². The van der Waals surface area contributed by atoms with Gasteiger partial charge in [0.1, 0.15) is 0 Å². The van der Waals surface area contributed by atoms with E-state index in [1.807, 2.05) is 16.8 Å². The van der Waals surface area contributed by atoms with Crippen LogP contribution in [-0.2, 0) is 6.42 Å². The second-order valence-electron chi connectivity index (χ2n) is 3.44. The van der Waals surface area contributed by atoms with Crippen LogP contribution in [0, 0.1) is 0 Å². The normalized spacial score (nSPS) is 13.3. The van der Waals surface area contributed by atoms with Crippen LogP contribution in [-0.4, -0.2) is 25.6 Å². The Labute approximate surface area is 82.2 Å². The van der Waals surface area contributed by atoms with E-state index >= 15 is 0 Å². The van der Waals surface area contributed by atoms with Gasteiger partial charge in [0.2, 0.25) is 0 Å². The largest absolute Gasteiger partial charge is 0.393 e. The summed E-state index contributed by atoms with van der Waals surface area (Å²) in [5.41, 5.74) is 1.97. The van der Waals surface area contributed by atoms with E-state index in [0.29, 0.717) is 0 Å². The number of aliphatic hydroxyl groups excluding tert-OH is 1. The van der Waals surface area contributed by atoms with E-state index in [0.717, 1.165) is 24.2 Å². The predicted molar refractivity (Wildman–Crippen MR) is 53.0 cm³/mol. The number of imidazole rings is 1. The maximum atomic E-state index is 9.18. The summed E-state index contributed by atoms with van der Waals surface area (Å²) in [6.07, 6.45) is 8.52. The molecule has 14 heavy (non-hydrogen) atoms. The second kappa shape index (κ2) is 3.75. The summed E-state index contributed by atoms with van der Waals surface area (Å²) in [6.45, 7) is 1.80. The maximum absolute atomic E-state index is 9.18. The van der Waals surface area contributed by atoms with E-state index < -0.39 is 0 Å². The van der Waals surface area contributed by atoms with Crippen LogP contribution in [0.2, 0.25) is 0 Å². The van der Waals surface area contributed by atoms with Crippen LogP contribution in [0.25, 0.3) is 5.65 Å². The molecule has 1 atom stereocenters. The predicted octanol–water partition coefficient (Wildman–Crippen LogP) is 1.04. The molecule has 2 aromatic heterocycles. The standard InChI is InChI=1S/C10H13N3O/c1-8(14)2-3-9-6-12-10-7-11-4-5-13(9)10/h4-8,14H,2-3H2,1H3/t8-/m0/s1. The summed E-state index contributed by atoms with van der Waals surface area (Å²) in [7, 11) is 0. The zero-order valence-electron chi connectivity index (χ0n) is 8.09. The number of fused-ring (bicyclic) bond motifs is 1. The molecule has 0 aliphatic heterocycles. The number of aryl methyl sites for hydroxylation is 1. The van der Waals surface area contributed by atoms with Crippen molar-refractivity contribution in [2.75, 3.05) is 0 Å². The molecular weight excluding hydrogens is 178 g/mol. The fraction of sp³-hybridized carbons (Fsp3) is 0.400. The SMILES string of the molecule is C[C@H](O)CCc1cnc2cnccn12. The number of aromatic nitrogens is 3. The third-order valence-corrected chi connectivity index (χ3v) is 2.21. The molecule has 4 nitrogen and oxygen atoms in total. The average Bonchev–Trinajstić information content (AvgIpc) is 2.58. The molecule has 2 aromatic rings. The number of hydrogen-bond acceptors (Lipinski definition) is 3. The zero-order chi connectivity index (χ0) is 9.97. The molecule has 0 amide bonds. The van der Waals surface area contributed by atoms with Gasteiger partial charge in [0.25, 0.3) is 0 Å². The Morgan fingerprint density at radius 3 is 3.14 bits per heavy atom. The molecule has 0 radical (unpaired) electrons. The van der Waals surface area contributed by atoms with Gasteiger partial charge in [-0.2, -0.15) is 0 Å². The van der Waals surface area contributed by atoms with E-state index in [1.54, 1.807) is 19.3 Å². The smallest absolute Gasteiger partial charge is 0.155 e. The van der Waals surface area contributed by atoms with Gasteiger partial charge in [-0.3, -0.25) is 4.98 Å². The molecule has 4 heteroatoms. The highest BCUT2D eigenvalue weighted by molar-refractivity contribution is 5.36. The van der Waals surface area contributed by atoms with Gasteiger partial charge in [-0.1, -0.05) is 0 Å². The van der Waals surface area contributed by atoms with E-state index in [9.17, 15) is 5.11 Å². The number of hydrogen-bond donors (Lipinski definition) is 1. The molecule has 2 rings (SSSR count). The fourth-order valence-corrected chi connectivity index (χ4v) is 1.44. The first kappa shape index (κ1) is 9.15. The highest BCUT2D eigenvalue weighted by Gasteiger charge is 2.03. The summed E-state index contributed by atoms with van der Waals surface area (Å²) >= 11 is 0. The van der Waals surface area contributed by atoms with Gasteiger partial charge >= 0.3 is 0 Å². The van der Waals surface area contributed by atoms with E-state index in [4.69, 9.17) is 0 Å². The van der Waals surface area contributed by atoms with Crippen LogP contribution in [0.5, 0.6) is 0 Å². The van der Waals surface area contributed by atoms with Crippen molar-refractivity contribution >= 4 is 5.65 Å². The van der Waals surface area contributed by atoms with Crippen molar-refractivity contribution in [2.45, 2.75) is 25.9 Å². The van der Waals surface area contributed by atoms with Crippen LogP contribution in [0.3, 0.4) is 0 Å². The van der Waals surface area contributed by atoms with Crippen molar-refractivity contribution < 1.29 is 5.11 Å². The van der Waals surface area contributed by atoms with Gasteiger partial charge in [-0.15, -0.1) is 0 Å². The first-order chi connectivity index (χ1) is 6.77. The van der Waals surface area contributed by atoms with E-state index in [-0.39, 0.29) is 6.10 Å². The van der Waals surface area contributed by atoms with Gasteiger partial charge < -0.3 is 9.51 Å². The fourth-order valence-electron chi connectivity index (χ4n) is 1.44. The summed E-state index contributed by atoms with van der Waals surface area (Å²) in [6, 6.07) is 0. The minimum atomic E-state index is -0.262. The minimum absolute atomic E-state index is 0.262. The number of aliphatic hydroxyl groups is 1. The monoisotopic (exact) mass is 191 g/mol. The van der Waals surface area contributed by atoms with Gasteiger partial charge in [-0.25, -0.2) is 4.98 Å². The summed E-state index contributed by atoms with van der Waals surface area (Å²) in [5.74, 6) is 0. The van der Waals surface area contributed by atoms with Crippen LogP contribution in [0.1, 0.15) is 19.0 Å². The Balaban J connectivity index is 2.25. The first-order valence-electron chi connectivity index (χ1n) is 4.71. The molecule has 2 heterocycles. The molecule has 0 bridgehead atoms. The Hall–Kier alpha value is -1.42. The van der Waals surface area contributed by atoms with Gasteiger partial charge in [0.15, 0.2) is 5.65 Å². The molecule has 0 spiro atoms. The quantitative estimate of drug-likeness (QED) is 0.788. The third-order valence-electron chi connectivity index (χ3n) is 2.21. The molecule has 0 saturated heterocycles. The van der Waals surface area contributed by atoms with Crippen molar-refractivity contribution in [1.82, 2.24) is 14.4 Å². The molecule has 0 aliphatic rings. The molecule has 1 N–H and O–H groups in total. The van der Waals surface area contributed by atoms with Gasteiger partial charge in [-0.05, 0) is 19.8 Å². The Morgan fingerprint density at radius 2 is 2.36 bits per heavy atom. The van der Waals surface area contributed by atoms with Crippen molar-refractivity contribution in [3.63, 3.8) is 0 Å². The molecule has 0 unspecified atom stereocenters. The summed E-state index contributed by atoms with van der Waals surface area (Å²) in [4.78, 5) is 8.20. The van der Waals surface area contributed by atoms with Gasteiger partial charge in [0, 0.05) is 24.3 Å². The molecule has 0 aliphatic carbocycles. The molecular formula is C10H13N3O. The van der Waals surface area contributed by atoms with E-state index in [2.05, 4.69) is 9.97 Å². The average molecular weight is 191 g/mol. The Bertz CT molecular complexity index is 422. The number of nitrogens with zero attached hydrogens (tertiary/aromatic N) is 3. The lowest BCUT2D eigenvalue weighted by Crippen LogP contribution is -2.03. The Kier molecular flexibility index (Phi) is 2.45. The number of rotatable bonds is 3. The first-order valence-corrected chi connectivity index (χ1v) is 4.71. The van der Waals surface area contributed by atoms with Crippen molar-refractivity contribution in [3.8, 4) is 0 Å². The van der Waals surface area contributed by atoms with Crippen molar-refractivity contribution in [2.24, 2.45) is 0 Å². The minimum Gasteiger partial charge on any atom is -0.393 e. The summed E-state index contributed by atoms with van der Waals surface area (Å²) < 4.78 is 2.00. The summed E-state index contributed by atoms with van der Waals surface area (Å²) in [5, 5.41) is 9.18. The Morgan fingerprint density at radius 1 is 1.50 bits per heavy atom. The third kappa shape index (κ3) is 1.75. The van der Waals surface area contributed by atoms with Crippen LogP contribution >= 0.6 is 0 Å². The lowest BCUT2D eigenvalue weighted by Gasteiger charge is -2.03. The zero-order valence-corrected chi connectivity index (χ0v) is 8.09.